The van der Waals surface area contributed by atoms with Crippen LogP contribution in [0.5, 0.6) is 0 Å². The van der Waals surface area contributed by atoms with Gasteiger partial charge in [-0.05, 0) is 32.2 Å². The van der Waals surface area contributed by atoms with Crippen LogP contribution in [0.4, 0.5) is 0 Å². The molecule has 0 aromatic carbocycles. The Morgan fingerprint density at radius 2 is 2.31 bits per heavy atom. The third kappa shape index (κ3) is 2.66. The predicted octanol–water partition coefficient (Wildman–Crippen LogP) is 3.45. The lowest BCUT2D eigenvalue weighted by atomic mass is 9.70. The first kappa shape index (κ1) is 12.5. The molecule has 1 aliphatic carbocycles. The van der Waals surface area contributed by atoms with E-state index in [2.05, 4.69) is 39.8 Å². The molecule has 0 spiro atoms. The van der Waals surface area contributed by atoms with E-state index in [9.17, 15) is 0 Å². The van der Waals surface area contributed by atoms with Gasteiger partial charge in [0.2, 0.25) is 0 Å². The van der Waals surface area contributed by atoms with E-state index in [4.69, 9.17) is 0 Å². The summed E-state index contributed by atoms with van der Waals surface area (Å²) in [6.45, 7) is 4.35. The molecule has 90 valence electrons. The summed E-state index contributed by atoms with van der Waals surface area (Å²) in [5.41, 5.74) is 3.69. The number of aromatic nitrogens is 1. The molecule has 2 nitrogen and oxygen atoms in total. The molecular weight excluding hydrogens is 284 g/mol. The Hall–Kier alpha value is 0.0700. The average molecular weight is 303 g/mol. The maximum absolute atomic E-state index is 4.30. The van der Waals surface area contributed by atoms with Gasteiger partial charge in [-0.3, -0.25) is 0 Å². The second-order valence-electron chi connectivity index (χ2n) is 5.02. The number of thiazole rings is 1. The minimum Gasteiger partial charge on any atom is -0.301 e. The van der Waals surface area contributed by atoms with Crippen LogP contribution in [0.2, 0.25) is 0 Å². The van der Waals surface area contributed by atoms with Gasteiger partial charge < -0.3 is 4.90 Å². The van der Waals surface area contributed by atoms with Gasteiger partial charge in [-0.15, -0.1) is 11.3 Å². The number of halogens is 1. The van der Waals surface area contributed by atoms with Crippen molar-refractivity contribution in [3.8, 4) is 0 Å². The van der Waals surface area contributed by atoms with Crippen LogP contribution in [0, 0.1) is 12.3 Å². The maximum Gasteiger partial charge on any atom is 0.0798 e. The van der Waals surface area contributed by atoms with Gasteiger partial charge in [-0.2, -0.15) is 0 Å². The smallest absolute Gasteiger partial charge is 0.0798 e. The molecule has 1 saturated carbocycles. The molecule has 0 saturated heterocycles. The van der Waals surface area contributed by atoms with E-state index in [0.29, 0.717) is 5.41 Å². The van der Waals surface area contributed by atoms with Gasteiger partial charge in [0.1, 0.15) is 0 Å². The van der Waals surface area contributed by atoms with E-state index in [1.54, 1.807) is 11.3 Å². The molecule has 1 aromatic rings. The zero-order valence-corrected chi connectivity index (χ0v) is 12.4. The van der Waals surface area contributed by atoms with Crippen LogP contribution in [-0.4, -0.2) is 28.8 Å². The standard InChI is InChI=1S/C12H19BrN2S/c1-10-11(16-9-14-10)6-15(2)8-12(7-13)4-3-5-12/h9H,3-8H2,1-2H3. The molecule has 0 atom stereocenters. The van der Waals surface area contributed by atoms with E-state index in [1.165, 1.54) is 36.4 Å². The lowest BCUT2D eigenvalue weighted by Gasteiger charge is -2.43. The third-order valence-corrected chi connectivity index (χ3v) is 5.67. The molecule has 16 heavy (non-hydrogen) atoms. The topological polar surface area (TPSA) is 16.1 Å². The summed E-state index contributed by atoms with van der Waals surface area (Å²) in [7, 11) is 2.22. The Kier molecular flexibility index (Phi) is 4.03. The molecule has 1 aliphatic rings. The Morgan fingerprint density at radius 1 is 1.56 bits per heavy atom. The molecule has 1 fully saturated rings. The van der Waals surface area contributed by atoms with Crippen molar-refractivity contribution in [3.05, 3.63) is 16.1 Å². The quantitative estimate of drug-likeness (QED) is 0.775. The molecule has 0 bridgehead atoms. The highest BCUT2D eigenvalue weighted by Gasteiger charge is 2.36. The average Bonchev–Trinajstić information content (AvgIpc) is 2.58. The number of alkyl halides is 1. The van der Waals surface area contributed by atoms with Crippen molar-refractivity contribution >= 4 is 27.3 Å². The van der Waals surface area contributed by atoms with Gasteiger partial charge in [0.25, 0.3) is 0 Å². The van der Waals surface area contributed by atoms with Crippen molar-refractivity contribution in [1.82, 2.24) is 9.88 Å². The SMILES string of the molecule is Cc1ncsc1CN(C)CC1(CBr)CCC1. The van der Waals surface area contributed by atoms with Crippen LogP contribution in [0.1, 0.15) is 29.8 Å². The second kappa shape index (κ2) is 5.15. The van der Waals surface area contributed by atoms with E-state index in [1.807, 2.05) is 5.51 Å². The van der Waals surface area contributed by atoms with Gasteiger partial charge in [0.15, 0.2) is 0 Å². The van der Waals surface area contributed by atoms with E-state index in [0.717, 1.165) is 11.9 Å². The molecule has 0 N–H and O–H groups in total. The van der Waals surface area contributed by atoms with Gasteiger partial charge in [-0.25, -0.2) is 4.98 Å². The van der Waals surface area contributed by atoms with Crippen molar-refractivity contribution in [2.75, 3.05) is 18.9 Å². The lowest BCUT2D eigenvalue weighted by Crippen LogP contribution is -2.41. The Labute approximate surface area is 110 Å². The zero-order chi connectivity index (χ0) is 11.6. The maximum atomic E-state index is 4.30. The fourth-order valence-corrected chi connectivity index (χ4v) is 3.96. The molecule has 1 aromatic heterocycles. The normalized spacial score (nSPS) is 18.8. The largest absolute Gasteiger partial charge is 0.301 e. The van der Waals surface area contributed by atoms with Gasteiger partial charge in [-0.1, -0.05) is 22.4 Å². The number of rotatable bonds is 5. The van der Waals surface area contributed by atoms with E-state index < -0.39 is 0 Å². The first-order valence-electron chi connectivity index (χ1n) is 5.79. The van der Waals surface area contributed by atoms with Crippen molar-refractivity contribution in [2.24, 2.45) is 5.41 Å². The second-order valence-corrected chi connectivity index (χ2v) is 6.52. The highest BCUT2D eigenvalue weighted by atomic mass is 79.9. The number of aryl methyl sites for hydroxylation is 1. The van der Waals surface area contributed by atoms with Crippen LogP contribution >= 0.6 is 27.3 Å². The Bertz CT molecular complexity index is 341. The predicted molar refractivity (Wildman–Crippen MR) is 73.3 cm³/mol. The summed E-state index contributed by atoms with van der Waals surface area (Å²) >= 11 is 5.44. The highest BCUT2D eigenvalue weighted by molar-refractivity contribution is 9.09. The molecule has 0 unspecified atom stereocenters. The number of hydrogen-bond acceptors (Lipinski definition) is 3. The Balaban J connectivity index is 1.89. The van der Waals surface area contributed by atoms with Gasteiger partial charge in [0, 0.05) is 23.3 Å². The molecule has 2 rings (SSSR count). The minimum atomic E-state index is 0.549. The van der Waals surface area contributed by atoms with Crippen LogP contribution in [-0.2, 0) is 6.54 Å². The highest BCUT2D eigenvalue weighted by Crippen LogP contribution is 2.43. The molecule has 0 radical (unpaired) electrons. The molecule has 4 heteroatoms. The molecule has 0 aliphatic heterocycles. The van der Waals surface area contributed by atoms with E-state index in [-0.39, 0.29) is 0 Å². The summed E-state index contributed by atoms with van der Waals surface area (Å²) in [6, 6.07) is 0. The Morgan fingerprint density at radius 3 is 2.75 bits per heavy atom. The fraction of sp³-hybridized carbons (Fsp3) is 0.750. The first-order chi connectivity index (χ1) is 7.65. The third-order valence-electron chi connectivity index (χ3n) is 3.56. The monoisotopic (exact) mass is 302 g/mol. The minimum absolute atomic E-state index is 0.549. The van der Waals surface area contributed by atoms with Crippen molar-refractivity contribution < 1.29 is 0 Å². The van der Waals surface area contributed by atoms with Crippen LogP contribution < -0.4 is 0 Å². The summed E-state index contributed by atoms with van der Waals surface area (Å²) in [5, 5.41) is 1.14. The summed E-state index contributed by atoms with van der Waals surface area (Å²) in [6.07, 6.45) is 4.16. The van der Waals surface area contributed by atoms with Gasteiger partial charge in [0.05, 0.1) is 11.2 Å². The molecule has 1 heterocycles. The molecule has 0 amide bonds. The fourth-order valence-electron chi connectivity index (χ4n) is 2.36. The zero-order valence-electron chi connectivity index (χ0n) is 10.0. The van der Waals surface area contributed by atoms with Crippen LogP contribution in [0.25, 0.3) is 0 Å². The van der Waals surface area contributed by atoms with E-state index >= 15 is 0 Å². The van der Waals surface area contributed by atoms with Crippen LogP contribution in [0.3, 0.4) is 0 Å². The van der Waals surface area contributed by atoms with Crippen molar-refractivity contribution in [1.29, 1.82) is 0 Å². The summed E-state index contributed by atoms with van der Waals surface area (Å²) in [4.78, 5) is 8.16. The summed E-state index contributed by atoms with van der Waals surface area (Å²) in [5.74, 6) is 0. The summed E-state index contributed by atoms with van der Waals surface area (Å²) < 4.78 is 0. The first-order valence-corrected chi connectivity index (χ1v) is 7.79. The van der Waals surface area contributed by atoms with Gasteiger partial charge >= 0.3 is 0 Å². The molecular formula is C12H19BrN2S. The van der Waals surface area contributed by atoms with Crippen LogP contribution in [0.15, 0.2) is 5.51 Å². The lowest BCUT2D eigenvalue weighted by molar-refractivity contribution is 0.103. The van der Waals surface area contributed by atoms with Crippen molar-refractivity contribution in [3.63, 3.8) is 0 Å². The number of nitrogens with zero attached hydrogens (tertiary/aromatic N) is 2. The van der Waals surface area contributed by atoms with Crippen molar-refractivity contribution in [2.45, 2.75) is 32.7 Å². The number of hydrogen-bond donors (Lipinski definition) is 0.